The van der Waals surface area contributed by atoms with Crippen molar-refractivity contribution in [2.75, 3.05) is 6.61 Å². The van der Waals surface area contributed by atoms with Crippen molar-refractivity contribution in [3.05, 3.63) is 64.7 Å². The molecule has 2 aromatic rings. The van der Waals surface area contributed by atoms with Crippen molar-refractivity contribution in [1.82, 2.24) is 0 Å². The van der Waals surface area contributed by atoms with E-state index < -0.39 is 7.60 Å². The van der Waals surface area contributed by atoms with Crippen molar-refractivity contribution in [3.8, 4) is 5.75 Å². The highest BCUT2D eigenvalue weighted by Gasteiger charge is 2.16. The number of hydrogen-bond acceptors (Lipinski definition) is 2. The highest BCUT2D eigenvalue weighted by atomic mass is 31.2. The molecule has 24 heavy (non-hydrogen) atoms. The van der Waals surface area contributed by atoms with Gasteiger partial charge in [0.15, 0.2) is 0 Å². The van der Waals surface area contributed by atoms with Gasteiger partial charge in [-0.3, -0.25) is 4.57 Å². The van der Waals surface area contributed by atoms with Gasteiger partial charge in [-0.2, -0.15) is 0 Å². The Labute approximate surface area is 143 Å². The quantitative estimate of drug-likeness (QED) is 0.698. The standard InChI is InChI=1S/C19H25O4P/c1-3-11-23-19-10-9-17(14-24(20,21)22)13-18(19)12-16-7-5-15(4-2)6-8-16/h5-10,13H,3-4,11-12,14H2,1-2H3,(H2,20,21,22). The second-order valence-electron chi connectivity index (χ2n) is 5.96. The van der Waals surface area contributed by atoms with Crippen molar-refractivity contribution in [2.24, 2.45) is 0 Å². The summed E-state index contributed by atoms with van der Waals surface area (Å²) in [7, 11) is -4.08. The van der Waals surface area contributed by atoms with Crippen molar-refractivity contribution in [3.63, 3.8) is 0 Å². The number of rotatable bonds is 8. The van der Waals surface area contributed by atoms with E-state index in [1.165, 1.54) is 5.56 Å². The minimum absolute atomic E-state index is 0.247. The summed E-state index contributed by atoms with van der Waals surface area (Å²) in [6.45, 7) is 4.79. The topological polar surface area (TPSA) is 66.8 Å². The molecular weight excluding hydrogens is 323 g/mol. The third-order valence-corrected chi connectivity index (χ3v) is 4.58. The van der Waals surface area contributed by atoms with Gasteiger partial charge in [-0.15, -0.1) is 0 Å². The molecule has 0 unspecified atom stereocenters. The molecule has 130 valence electrons. The third-order valence-electron chi connectivity index (χ3n) is 3.80. The van der Waals surface area contributed by atoms with E-state index in [1.54, 1.807) is 6.07 Å². The molecule has 0 amide bonds. The fourth-order valence-electron chi connectivity index (χ4n) is 2.57. The highest BCUT2D eigenvalue weighted by Crippen LogP contribution is 2.40. The third kappa shape index (κ3) is 5.79. The average Bonchev–Trinajstić information content (AvgIpc) is 2.53. The van der Waals surface area contributed by atoms with Crippen LogP contribution in [0.3, 0.4) is 0 Å². The van der Waals surface area contributed by atoms with E-state index in [1.807, 2.05) is 19.1 Å². The van der Waals surface area contributed by atoms with Crippen LogP contribution < -0.4 is 4.74 Å². The van der Waals surface area contributed by atoms with E-state index in [4.69, 9.17) is 4.74 Å². The molecule has 0 aliphatic carbocycles. The monoisotopic (exact) mass is 348 g/mol. The Balaban J connectivity index is 2.27. The molecule has 0 saturated carbocycles. The van der Waals surface area contributed by atoms with E-state index in [-0.39, 0.29) is 6.16 Å². The fourth-order valence-corrected chi connectivity index (χ4v) is 3.25. The zero-order valence-electron chi connectivity index (χ0n) is 14.2. The lowest BCUT2D eigenvalue weighted by atomic mass is 10.0. The number of hydrogen-bond donors (Lipinski definition) is 2. The van der Waals surface area contributed by atoms with Crippen LogP contribution in [-0.2, 0) is 23.6 Å². The average molecular weight is 348 g/mol. The predicted octanol–water partition coefficient (Wildman–Crippen LogP) is 4.31. The smallest absolute Gasteiger partial charge is 0.329 e. The largest absolute Gasteiger partial charge is 0.493 e. The van der Waals surface area contributed by atoms with E-state index in [9.17, 15) is 14.4 Å². The first kappa shape index (κ1) is 18.7. The molecule has 2 N–H and O–H groups in total. The lowest BCUT2D eigenvalue weighted by Gasteiger charge is -2.14. The molecule has 0 aliphatic heterocycles. The van der Waals surface area contributed by atoms with E-state index in [0.717, 1.165) is 29.7 Å². The van der Waals surface area contributed by atoms with Crippen molar-refractivity contribution in [2.45, 2.75) is 39.3 Å². The summed E-state index contributed by atoms with van der Waals surface area (Å²) in [6.07, 6.45) is 2.35. The van der Waals surface area contributed by atoms with Crippen LogP contribution in [0.5, 0.6) is 5.75 Å². The zero-order chi connectivity index (χ0) is 17.6. The molecular formula is C19H25O4P. The van der Waals surface area contributed by atoms with Crippen LogP contribution in [0, 0.1) is 0 Å². The minimum Gasteiger partial charge on any atom is -0.493 e. The lowest BCUT2D eigenvalue weighted by Crippen LogP contribution is -2.01. The van der Waals surface area contributed by atoms with Crippen LogP contribution in [0.25, 0.3) is 0 Å². The number of ether oxygens (including phenoxy) is 1. The molecule has 2 rings (SSSR count). The summed E-state index contributed by atoms with van der Waals surface area (Å²) < 4.78 is 17.1. The number of benzene rings is 2. The Morgan fingerprint density at radius 3 is 2.17 bits per heavy atom. The predicted molar refractivity (Wildman–Crippen MR) is 96.6 cm³/mol. The van der Waals surface area contributed by atoms with Crippen LogP contribution in [0.15, 0.2) is 42.5 Å². The summed E-state index contributed by atoms with van der Waals surface area (Å²) in [6, 6.07) is 13.8. The first-order valence-corrected chi connectivity index (χ1v) is 10.1. The van der Waals surface area contributed by atoms with Crippen molar-refractivity contribution in [1.29, 1.82) is 0 Å². The SMILES string of the molecule is CCCOc1ccc(CP(=O)(O)O)cc1Cc1ccc(CC)cc1. The Hall–Kier alpha value is -1.61. The minimum atomic E-state index is -4.08. The summed E-state index contributed by atoms with van der Waals surface area (Å²) in [5.74, 6) is 0.783. The second-order valence-corrected chi connectivity index (χ2v) is 7.61. The second kappa shape index (κ2) is 8.48. The first-order chi connectivity index (χ1) is 11.4. The molecule has 0 spiro atoms. The van der Waals surface area contributed by atoms with Gasteiger partial charge >= 0.3 is 7.60 Å². The van der Waals surface area contributed by atoms with E-state index >= 15 is 0 Å². The molecule has 4 nitrogen and oxygen atoms in total. The molecule has 0 saturated heterocycles. The van der Waals surface area contributed by atoms with Gasteiger partial charge < -0.3 is 14.5 Å². The first-order valence-electron chi connectivity index (χ1n) is 8.28. The van der Waals surface area contributed by atoms with Crippen molar-refractivity contribution < 1.29 is 19.1 Å². The van der Waals surface area contributed by atoms with Crippen LogP contribution >= 0.6 is 7.60 Å². The van der Waals surface area contributed by atoms with Gasteiger partial charge in [0.05, 0.1) is 12.8 Å². The van der Waals surface area contributed by atoms with Gasteiger partial charge in [-0.1, -0.05) is 50.2 Å². The molecule has 5 heteroatoms. The fraction of sp³-hybridized carbons (Fsp3) is 0.368. The zero-order valence-corrected chi connectivity index (χ0v) is 15.1. The normalized spacial score (nSPS) is 11.5. The lowest BCUT2D eigenvalue weighted by molar-refractivity contribution is 0.314. The Kier molecular flexibility index (Phi) is 6.61. The Morgan fingerprint density at radius 1 is 0.958 bits per heavy atom. The maximum atomic E-state index is 11.3. The van der Waals surface area contributed by atoms with Crippen LogP contribution in [-0.4, -0.2) is 16.4 Å². The van der Waals surface area contributed by atoms with Gasteiger partial charge in [0.2, 0.25) is 0 Å². The molecule has 0 atom stereocenters. The van der Waals surface area contributed by atoms with Crippen LogP contribution in [0.4, 0.5) is 0 Å². The molecule has 0 fully saturated rings. The van der Waals surface area contributed by atoms with Gasteiger partial charge in [0.25, 0.3) is 0 Å². The molecule has 0 radical (unpaired) electrons. The van der Waals surface area contributed by atoms with E-state index in [2.05, 4.69) is 31.2 Å². The molecule has 0 aliphatic rings. The molecule has 0 bridgehead atoms. The molecule has 2 aromatic carbocycles. The molecule has 0 aromatic heterocycles. The summed E-state index contributed by atoms with van der Waals surface area (Å²) in [4.78, 5) is 18.4. The maximum Gasteiger partial charge on any atom is 0.329 e. The Morgan fingerprint density at radius 2 is 1.58 bits per heavy atom. The number of aryl methyl sites for hydroxylation is 1. The Bertz CT molecular complexity index is 704. The van der Waals surface area contributed by atoms with Crippen LogP contribution in [0.2, 0.25) is 0 Å². The van der Waals surface area contributed by atoms with Crippen LogP contribution in [0.1, 0.15) is 42.5 Å². The van der Waals surface area contributed by atoms with E-state index in [0.29, 0.717) is 18.6 Å². The summed E-state index contributed by atoms with van der Waals surface area (Å²) in [5.41, 5.74) is 4.03. The summed E-state index contributed by atoms with van der Waals surface area (Å²) in [5, 5.41) is 0. The van der Waals surface area contributed by atoms with Crippen molar-refractivity contribution >= 4 is 7.60 Å². The summed E-state index contributed by atoms with van der Waals surface area (Å²) >= 11 is 0. The van der Waals surface area contributed by atoms with Gasteiger partial charge in [-0.05, 0) is 41.2 Å². The van der Waals surface area contributed by atoms with Gasteiger partial charge in [-0.25, -0.2) is 0 Å². The maximum absolute atomic E-state index is 11.3. The van der Waals surface area contributed by atoms with Gasteiger partial charge in [0.1, 0.15) is 5.75 Å². The molecule has 0 heterocycles. The highest BCUT2D eigenvalue weighted by molar-refractivity contribution is 7.50. The van der Waals surface area contributed by atoms with Gasteiger partial charge in [0, 0.05) is 6.42 Å².